The van der Waals surface area contributed by atoms with E-state index in [1.54, 1.807) is 0 Å². The van der Waals surface area contributed by atoms with Crippen LogP contribution in [0, 0.1) is 18.8 Å². The molecule has 104 valence electrons. The van der Waals surface area contributed by atoms with Gasteiger partial charge in [0.15, 0.2) is 5.13 Å². The summed E-state index contributed by atoms with van der Waals surface area (Å²) in [6.45, 7) is 4.10. The SMILES string of the molecule is Cc1sc(NC(=O)[C@H]2C[C@@H]2C)nc1-c1ccc(Cl)cc1. The van der Waals surface area contributed by atoms with Gasteiger partial charge in [-0.25, -0.2) is 4.98 Å². The Bertz CT molecular complexity index is 650. The predicted octanol–water partition coefficient (Wildman–Crippen LogP) is 4.37. The molecule has 1 aromatic heterocycles. The second-order valence-electron chi connectivity index (χ2n) is 5.24. The number of aryl methyl sites for hydroxylation is 1. The fourth-order valence-electron chi connectivity index (χ4n) is 2.21. The molecular weight excluding hydrogens is 292 g/mol. The molecule has 1 heterocycles. The van der Waals surface area contributed by atoms with Gasteiger partial charge in [0.25, 0.3) is 0 Å². The van der Waals surface area contributed by atoms with Gasteiger partial charge in [-0.1, -0.05) is 30.7 Å². The lowest BCUT2D eigenvalue weighted by atomic mass is 10.1. The van der Waals surface area contributed by atoms with Gasteiger partial charge in [-0.05, 0) is 31.4 Å². The van der Waals surface area contributed by atoms with E-state index in [0.29, 0.717) is 16.1 Å². The second-order valence-corrected chi connectivity index (χ2v) is 6.88. The number of nitrogens with one attached hydrogen (secondary N) is 1. The van der Waals surface area contributed by atoms with Crippen LogP contribution >= 0.6 is 22.9 Å². The van der Waals surface area contributed by atoms with E-state index in [-0.39, 0.29) is 11.8 Å². The number of halogens is 1. The summed E-state index contributed by atoms with van der Waals surface area (Å²) in [5.41, 5.74) is 1.93. The summed E-state index contributed by atoms with van der Waals surface area (Å²) in [5, 5.41) is 4.30. The van der Waals surface area contributed by atoms with Crippen molar-refractivity contribution in [3.05, 3.63) is 34.2 Å². The highest BCUT2D eigenvalue weighted by Gasteiger charge is 2.39. The molecule has 0 aliphatic heterocycles. The van der Waals surface area contributed by atoms with Crippen LogP contribution in [-0.4, -0.2) is 10.9 Å². The Morgan fingerprint density at radius 1 is 1.40 bits per heavy atom. The standard InChI is InChI=1S/C15H15ClN2OS/c1-8-7-12(8)14(19)18-15-17-13(9(2)20-15)10-3-5-11(16)6-4-10/h3-6,8,12H,7H2,1-2H3,(H,17,18,19)/t8-,12-/m0/s1. The first-order valence-electron chi connectivity index (χ1n) is 6.59. The van der Waals surface area contributed by atoms with Crippen LogP contribution in [0.2, 0.25) is 5.02 Å². The van der Waals surface area contributed by atoms with Gasteiger partial charge in [-0.2, -0.15) is 0 Å². The van der Waals surface area contributed by atoms with Gasteiger partial charge in [0.2, 0.25) is 5.91 Å². The normalized spacial score (nSPS) is 20.8. The largest absolute Gasteiger partial charge is 0.302 e. The summed E-state index contributed by atoms with van der Waals surface area (Å²) in [6, 6.07) is 7.58. The Morgan fingerprint density at radius 2 is 2.05 bits per heavy atom. The van der Waals surface area contributed by atoms with Gasteiger partial charge >= 0.3 is 0 Å². The lowest BCUT2D eigenvalue weighted by Gasteiger charge is -1.99. The maximum absolute atomic E-state index is 11.9. The summed E-state index contributed by atoms with van der Waals surface area (Å²) in [4.78, 5) is 17.5. The van der Waals surface area contributed by atoms with E-state index in [2.05, 4.69) is 17.2 Å². The maximum atomic E-state index is 11.9. The molecule has 1 aliphatic rings. The number of hydrogen-bond donors (Lipinski definition) is 1. The second kappa shape index (κ2) is 5.19. The summed E-state index contributed by atoms with van der Waals surface area (Å²) in [5.74, 6) is 0.763. The Balaban J connectivity index is 1.80. The lowest BCUT2D eigenvalue weighted by Crippen LogP contribution is -2.14. The molecule has 1 saturated carbocycles. The molecule has 2 atom stereocenters. The van der Waals surface area contributed by atoms with E-state index in [1.807, 2.05) is 31.2 Å². The van der Waals surface area contributed by atoms with Crippen molar-refractivity contribution in [2.45, 2.75) is 20.3 Å². The molecule has 5 heteroatoms. The number of aromatic nitrogens is 1. The first-order valence-corrected chi connectivity index (χ1v) is 7.78. The monoisotopic (exact) mass is 306 g/mol. The third kappa shape index (κ3) is 2.72. The minimum Gasteiger partial charge on any atom is -0.302 e. The zero-order valence-electron chi connectivity index (χ0n) is 11.3. The Morgan fingerprint density at radius 3 is 2.65 bits per heavy atom. The van der Waals surface area contributed by atoms with Gasteiger partial charge < -0.3 is 5.32 Å². The summed E-state index contributed by atoms with van der Waals surface area (Å²) < 4.78 is 0. The average Bonchev–Trinajstić information content (AvgIpc) is 3.03. The first-order chi connectivity index (χ1) is 9.54. The zero-order valence-corrected chi connectivity index (χ0v) is 12.9. The summed E-state index contributed by atoms with van der Waals surface area (Å²) in [7, 11) is 0. The van der Waals surface area contributed by atoms with Crippen LogP contribution in [0.3, 0.4) is 0 Å². The highest BCUT2D eigenvalue weighted by molar-refractivity contribution is 7.16. The van der Waals surface area contributed by atoms with Crippen molar-refractivity contribution >= 4 is 34.0 Å². The molecule has 0 unspecified atom stereocenters. The van der Waals surface area contributed by atoms with Crippen LogP contribution in [0.4, 0.5) is 5.13 Å². The quantitative estimate of drug-likeness (QED) is 0.915. The topological polar surface area (TPSA) is 42.0 Å². The van der Waals surface area contributed by atoms with Gasteiger partial charge in [0, 0.05) is 21.4 Å². The molecule has 1 N–H and O–H groups in total. The van der Waals surface area contributed by atoms with Crippen LogP contribution in [0.25, 0.3) is 11.3 Å². The van der Waals surface area contributed by atoms with Crippen LogP contribution in [0.15, 0.2) is 24.3 Å². The number of carbonyl (C=O) groups is 1. The number of anilines is 1. The molecule has 0 bridgehead atoms. The molecule has 2 aromatic rings. The fourth-order valence-corrected chi connectivity index (χ4v) is 3.18. The molecule has 1 fully saturated rings. The molecule has 3 nitrogen and oxygen atoms in total. The first kappa shape index (κ1) is 13.6. The number of hydrogen-bond acceptors (Lipinski definition) is 3. The van der Waals surface area contributed by atoms with Crippen LogP contribution in [0.1, 0.15) is 18.2 Å². The van der Waals surface area contributed by atoms with E-state index in [9.17, 15) is 4.79 Å². The van der Waals surface area contributed by atoms with E-state index in [1.165, 1.54) is 11.3 Å². The molecule has 1 aromatic carbocycles. The van der Waals surface area contributed by atoms with Crippen LogP contribution in [-0.2, 0) is 4.79 Å². The molecule has 1 aliphatic carbocycles. The number of carbonyl (C=O) groups excluding carboxylic acids is 1. The van der Waals surface area contributed by atoms with E-state index in [4.69, 9.17) is 11.6 Å². The third-order valence-electron chi connectivity index (χ3n) is 3.59. The number of nitrogens with zero attached hydrogens (tertiary/aromatic N) is 1. The smallest absolute Gasteiger partial charge is 0.229 e. The maximum Gasteiger partial charge on any atom is 0.229 e. The summed E-state index contributed by atoms with van der Waals surface area (Å²) >= 11 is 7.41. The van der Waals surface area contributed by atoms with Gasteiger partial charge in [0.1, 0.15) is 0 Å². The molecule has 0 spiro atoms. The van der Waals surface area contributed by atoms with Gasteiger partial charge in [-0.15, -0.1) is 11.3 Å². The van der Waals surface area contributed by atoms with Gasteiger partial charge in [-0.3, -0.25) is 4.79 Å². The minimum atomic E-state index is 0.0916. The van der Waals surface area contributed by atoms with Gasteiger partial charge in [0.05, 0.1) is 5.69 Å². The van der Waals surface area contributed by atoms with Crippen molar-refractivity contribution in [2.75, 3.05) is 5.32 Å². The minimum absolute atomic E-state index is 0.0916. The van der Waals surface area contributed by atoms with Crippen molar-refractivity contribution in [1.82, 2.24) is 4.98 Å². The molecular formula is C15H15ClN2OS. The Hall–Kier alpha value is -1.39. The van der Waals surface area contributed by atoms with Crippen molar-refractivity contribution in [2.24, 2.45) is 11.8 Å². The summed E-state index contributed by atoms with van der Waals surface area (Å²) in [6.07, 6.45) is 0.986. The van der Waals surface area contributed by atoms with E-state index in [0.717, 1.165) is 22.6 Å². The number of amides is 1. The number of rotatable bonds is 3. The van der Waals surface area contributed by atoms with Crippen molar-refractivity contribution in [3.63, 3.8) is 0 Å². The van der Waals surface area contributed by atoms with Crippen LogP contribution in [0.5, 0.6) is 0 Å². The molecule has 0 radical (unpaired) electrons. The van der Waals surface area contributed by atoms with E-state index < -0.39 is 0 Å². The van der Waals surface area contributed by atoms with Crippen molar-refractivity contribution in [3.8, 4) is 11.3 Å². The highest BCUT2D eigenvalue weighted by Crippen LogP contribution is 2.39. The highest BCUT2D eigenvalue weighted by atomic mass is 35.5. The third-order valence-corrected chi connectivity index (χ3v) is 4.73. The fraction of sp³-hybridized carbons (Fsp3) is 0.333. The molecule has 0 saturated heterocycles. The molecule has 1 amide bonds. The zero-order chi connectivity index (χ0) is 14.3. The van der Waals surface area contributed by atoms with Crippen molar-refractivity contribution < 1.29 is 4.79 Å². The van der Waals surface area contributed by atoms with E-state index >= 15 is 0 Å². The Kier molecular flexibility index (Phi) is 3.52. The lowest BCUT2D eigenvalue weighted by molar-refractivity contribution is -0.117. The number of thiazole rings is 1. The molecule has 20 heavy (non-hydrogen) atoms. The Labute approximate surface area is 127 Å². The predicted molar refractivity (Wildman–Crippen MR) is 83.2 cm³/mol. The van der Waals surface area contributed by atoms with Crippen molar-refractivity contribution in [1.29, 1.82) is 0 Å². The molecule has 3 rings (SSSR count). The van der Waals surface area contributed by atoms with Crippen LogP contribution < -0.4 is 5.32 Å². The average molecular weight is 307 g/mol. The number of benzene rings is 1.